The predicted octanol–water partition coefficient (Wildman–Crippen LogP) is 2.83. The molecule has 1 N–H and O–H groups in total. The van der Waals surface area contributed by atoms with Gasteiger partial charge in [-0.1, -0.05) is 42.0 Å². The van der Waals surface area contributed by atoms with Crippen molar-refractivity contribution in [1.82, 2.24) is 10.2 Å². The number of nitrogens with one attached hydrogen (secondary N) is 1. The number of rotatable bonds is 7. The average Bonchev–Trinajstić information content (AvgIpc) is 2.69. The van der Waals surface area contributed by atoms with Crippen LogP contribution in [0.2, 0.25) is 0 Å². The third-order valence-corrected chi connectivity index (χ3v) is 4.86. The summed E-state index contributed by atoms with van der Waals surface area (Å²) in [6.45, 7) is 9.31. The third-order valence-electron chi connectivity index (χ3n) is 4.86. The molecule has 1 aliphatic heterocycles. The minimum atomic E-state index is 0.0822. The normalized spacial score (nSPS) is 14.8. The van der Waals surface area contributed by atoms with Gasteiger partial charge in [0.15, 0.2) is 0 Å². The van der Waals surface area contributed by atoms with Crippen molar-refractivity contribution in [3.63, 3.8) is 0 Å². The number of nitrogens with zero attached hydrogens (tertiary/aromatic N) is 2. The Morgan fingerprint density at radius 1 is 1.04 bits per heavy atom. The van der Waals surface area contributed by atoms with Gasteiger partial charge in [0.05, 0.1) is 18.8 Å². The lowest BCUT2D eigenvalue weighted by Gasteiger charge is -2.36. The number of anilines is 1. The van der Waals surface area contributed by atoms with Crippen LogP contribution in [0.5, 0.6) is 5.75 Å². The molecule has 1 amide bonds. The van der Waals surface area contributed by atoms with Crippen molar-refractivity contribution >= 4 is 11.6 Å². The van der Waals surface area contributed by atoms with Gasteiger partial charge in [-0.25, -0.2) is 0 Å². The summed E-state index contributed by atoms with van der Waals surface area (Å²) in [4.78, 5) is 16.8. The molecule has 1 fully saturated rings. The van der Waals surface area contributed by atoms with Gasteiger partial charge in [0.25, 0.3) is 0 Å². The van der Waals surface area contributed by atoms with Crippen LogP contribution in [0.1, 0.15) is 18.1 Å². The van der Waals surface area contributed by atoms with E-state index >= 15 is 0 Å². The largest absolute Gasteiger partial charge is 0.492 e. The van der Waals surface area contributed by atoms with Crippen molar-refractivity contribution in [2.24, 2.45) is 0 Å². The fourth-order valence-electron chi connectivity index (χ4n) is 3.31. The van der Waals surface area contributed by atoms with E-state index in [1.54, 1.807) is 0 Å². The van der Waals surface area contributed by atoms with E-state index in [0.29, 0.717) is 19.7 Å². The molecule has 1 saturated heterocycles. The lowest BCUT2D eigenvalue weighted by molar-refractivity contribution is -0.122. The fraction of sp³-hybridized carbons (Fsp3) is 0.409. The van der Waals surface area contributed by atoms with Gasteiger partial charge in [-0.05, 0) is 31.5 Å². The van der Waals surface area contributed by atoms with Crippen molar-refractivity contribution < 1.29 is 9.53 Å². The molecule has 144 valence electrons. The summed E-state index contributed by atoms with van der Waals surface area (Å²) >= 11 is 0. The van der Waals surface area contributed by atoms with Crippen LogP contribution in [0, 0.1) is 6.92 Å². The highest BCUT2D eigenvalue weighted by Gasteiger charge is 2.21. The number of carbonyl (C=O) groups is 1. The zero-order valence-electron chi connectivity index (χ0n) is 16.3. The van der Waals surface area contributed by atoms with E-state index < -0.39 is 0 Å². The molecule has 5 heteroatoms. The molecule has 0 aromatic heterocycles. The first-order valence-corrected chi connectivity index (χ1v) is 9.67. The Kier molecular flexibility index (Phi) is 6.71. The molecule has 1 heterocycles. The van der Waals surface area contributed by atoms with E-state index in [4.69, 9.17) is 4.74 Å². The number of amides is 1. The molecule has 27 heavy (non-hydrogen) atoms. The van der Waals surface area contributed by atoms with E-state index in [1.165, 1.54) is 5.56 Å². The summed E-state index contributed by atoms with van der Waals surface area (Å²) in [5.74, 6) is 1.02. The highest BCUT2D eigenvalue weighted by Crippen LogP contribution is 2.28. The van der Waals surface area contributed by atoms with Crippen LogP contribution in [-0.4, -0.2) is 50.1 Å². The first-order chi connectivity index (χ1) is 13.2. The predicted molar refractivity (Wildman–Crippen MR) is 109 cm³/mol. The smallest absolute Gasteiger partial charge is 0.234 e. The van der Waals surface area contributed by atoms with Crippen molar-refractivity contribution in [2.75, 3.05) is 44.2 Å². The van der Waals surface area contributed by atoms with E-state index in [9.17, 15) is 4.79 Å². The monoisotopic (exact) mass is 367 g/mol. The van der Waals surface area contributed by atoms with E-state index in [1.807, 2.05) is 25.1 Å². The second-order valence-electron chi connectivity index (χ2n) is 6.93. The average molecular weight is 367 g/mol. The number of para-hydroxylation sites is 2. The van der Waals surface area contributed by atoms with Gasteiger partial charge in [-0.3, -0.25) is 9.69 Å². The second kappa shape index (κ2) is 9.42. The van der Waals surface area contributed by atoms with Crippen LogP contribution < -0.4 is 15.0 Å². The molecule has 0 unspecified atom stereocenters. The Morgan fingerprint density at radius 2 is 1.74 bits per heavy atom. The zero-order chi connectivity index (χ0) is 19.1. The summed E-state index contributed by atoms with van der Waals surface area (Å²) < 4.78 is 5.74. The maximum Gasteiger partial charge on any atom is 0.234 e. The Labute approximate surface area is 161 Å². The Bertz CT molecular complexity index is 737. The second-order valence-corrected chi connectivity index (χ2v) is 6.93. The number of aryl methyl sites for hydroxylation is 1. The summed E-state index contributed by atoms with van der Waals surface area (Å²) in [6, 6.07) is 16.4. The van der Waals surface area contributed by atoms with E-state index in [0.717, 1.165) is 43.2 Å². The van der Waals surface area contributed by atoms with Crippen molar-refractivity contribution in [3.05, 3.63) is 59.7 Å². The van der Waals surface area contributed by atoms with Crippen LogP contribution in [0.25, 0.3) is 0 Å². The van der Waals surface area contributed by atoms with Crippen LogP contribution in [0.15, 0.2) is 48.5 Å². The van der Waals surface area contributed by atoms with Crippen LogP contribution >= 0.6 is 0 Å². The highest BCUT2D eigenvalue weighted by atomic mass is 16.5. The lowest BCUT2D eigenvalue weighted by Crippen LogP contribution is -2.49. The van der Waals surface area contributed by atoms with Gasteiger partial charge in [-0.15, -0.1) is 0 Å². The molecule has 0 spiro atoms. The standard InChI is InChI=1S/C22H29N3O2/c1-3-27-21-7-5-4-6-20(21)25-14-12-24(13-15-25)17-22(26)23-16-19-10-8-18(2)9-11-19/h4-11H,3,12-17H2,1-2H3,(H,23,26). The molecule has 0 saturated carbocycles. The Morgan fingerprint density at radius 3 is 2.44 bits per heavy atom. The molecule has 0 aliphatic carbocycles. The molecule has 0 atom stereocenters. The van der Waals surface area contributed by atoms with E-state index in [2.05, 4.69) is 52.4 Å². The Balaban J connectivity index is 1.45. The molecular formula is C22H29N3O2. The van der Waals surface area contributed by atoms with Gasteiger partial charge >= 0.3 is 0 Å². The van der Waals surface area contributed by atoms with Crippen molar-refractivity contribution in [1.29, 1.82) is 0 Å². The topological polar surface area (TPSA) is 44.8 Å². The third kappa shape index (κ3) is 5.47. The van der Waals surface area contributed by atoms with Gasteiger partial charge in [0.1, 0.15) is 5.75 Å². The lowest BCUT2D eigenvalue weighted by atomic mass is 10.1. The maximum absolute atomic E-state index is 12.3. The maximum atomic E-state index is 12.3. The summed E-state index contributed by atoms with van der Waals surface area (Å²) in [7, 11) is 0. The first-order valence-electron chi connectivity index (χ1n) is 9.67. The van der Waals surface area contributed by atoms with Crippen molar-refractivity contribution in [3.8, 4) is 5.75 Å². The van der Waals surface area contributed by atoms with E-state index in [-0.39, 0.29) is 5.91 Å². The number of ether oxygens (including phenoxy) is 1. The minimum Gasteiger partial charge on any atom is -0.492 e. The zero-order valence-corrected chi connectivity index (χ0v) is 16.3. The molecule has 3 rings (SSSR count). The molecule has 2 aromatic rings. The summed E-state index contributed by atoms with van der Waals surface area (Å²) in [5.41, 5.74) is 3.50. The summed E-state index contributed by atoms with van der Waals surface area (Å²) in [6.07, 6.45) is 0. The SMILES string of the molecule is CCOc1ccccc1N1CCN(CC(=O)NCc2ccc(C)cc2)CC1. The highest BCUT2D eigenvalue weighted by molar-refractivity contribution is 5.78. The Hall–Kier alpha value is -2.53. The van der Waals surface area contributed by atoms with Gasteiger partial charge in [0.2, 0.25) is 5.91 Å². The number of hydrogen-bond acceptors (Lipinski definition) is 4. The number of hydrogen-bond donors (Lipinski definition) is 1. The molecular weight excluding hydrogens is 338 g/mol. The number of carbonyl (C=O) groups excluding carboxylic acids is 1. The molecule has 1 aliphatic rings. The fourth-order valence-corrected chi connectivity index (χ4v) is 3.31. The quantitative estimate of drug-likeness (QED) is 0.817. The van der Waals surface area contributed by atoms with Gasteiger partial charge in [0, 0.05) is 32.7 Å². The van der Waals surface area contributed by atoms with Crippen molar-refractivity contribution in [2.45, 2.75) is 20.4 Å². The summed E-state index contributed by atoms with van der Waals surface area (Å²) in [5, 5.41) is 3.02. The van der Waals surface area contributed by atoms with Gasteiger partial charge < -0.3 is 15.0 Å². The molecule has 2 aromatic carbocycles. The molecule has 0 bridgehead atoms. The number of benzene rings is 2. The number of piperazine rings is 1. The van der Waals surface area contributed by atoms with Crippen LogP contribution in [-0.2, 0) is 11.3 Å². The molecule has 0 radical (unpaired) electrons. The first kappa shape index (κ1) is 19.2. The minimum absolute atomic E-state index is 0.0822. The van der Waals surface area contributed by atoms with Crippen LogP contribution in [0.3, 0.4) is 0 Å². The molecule has 5 nitrogen and oxygen atoms in total. The van der Waals surface area contributed by atoms with Crippen LogP contribution in [0.4, 0.5) is 5.69 Å². The van der Waals surface area contributed by atoms with Gasteiger partial charge in [-0.2, -0.15) is 0 Å².